The average Bonchev–Trinajstić information content (AvgIpc) is 2.89. The lowest BCUT2D eigenvalue weighted by Gasteiger charge is -2.18. The van der Waals surface area contributed by atoms with Crippen molar-refractivity contribution in [2.24, 2.45) is 0 Å². The van der Waals surface area contributed by atoms with Gasteiger partial charge in [-0.3, -0.25) is 9.69 Å². The summed E-state index contributed by atoms with van der Waals surface area (Å²) >= 11 is 6.84. The third-order valence-corrected chi connectivity index (χ3v) is 5.40. The molecule has 0 bridgehead atoms. The third kappa shape index (κ3) is 3.30. The number of amides is 1. The van der Waals surface area contributed by atoms with E-state index in [2.05, 4.69) is 26.0 Å². The van der Waals surface area contributed by atoms with Crippen LogP contribution in [-0.2, 0) is 17.6 Å². The molecule has 1 aliphatic heterocycles. The smallest absolute Gasteiger partial charge is 0.268 e. The normalized spacial score (nSPS) is 16.2. The maximum atomic E-state index is 12.9. The number of thiocarbonyl (C=S) groups is 1. The Morgan fingerprint density at radius 3 is 2.42 bits per heavy atom. The maximum Gasteiger partial charge on any atom is 0.270 e. The number of thioether (sulfide) groups is 1. The molecule has 0 radical (unpaired) electrons. The van der Waals surface area contributed by atoms with Crippen LogP contribution in [0, 0.1) is 0 Å². The highest BCUT2D eigenvalue weighted by Gasteiger charge is 2.34. The van der Waals surface area contributed by atoms with Gasteiger partial charge >= 0.3 is 0 Å². The number of hydrogen-bond acceptors (Lipinski definition) is 3. The van der Waals surface area contributed by atoms with Gasteiger partial charge in [0.15, 0.2) is 4.32 Å². The van der Waals surface area contributed by atoms with Crippen LogP contribution >= 0.6 is 24.0 Å². The maximum absolute atomic E-state index is 12.9. The van der Waals surface area contributed by atoms with Crippen LogP contribution in [0.4, 0.5) is 5.69 Å². The molecule has 2 nitrogen and oxygen atoms in total. The first kappa shape index (κ1) is 16.9. The van der Waals surface area contributed by atoms with Crippen molar-refractivity contribution in [3.05, 3.63) is 70.1 Å². The molecule has 0 atom stereocenters. The molecule has 2 aromatic carbocycles. The van der Waals surface area contributed by atoms with Crippen molar-refractivity contribution in [3.8, 4) is 0 Å². The summed E-state index contributed by atoms with van der Waals surface area (Å²) in [5.41, 5.74) is 4.34. The summed E-state index contributed by atoms with van der Waals surface area (Å²) in [6.07, 6.45) is 3.80. The number of carbonyl (C=O) groups is 1. The molecule has 1 saturated heterocycles. The topological polar surface area (TPSA) is 20.3 Å². The fourth-order valence-electron chi connectivity index (χ4n) is 2.70. The van der Waals surface area contributed by atoms with Gasteiger partial charge < -0.3 is 0 Å². The van der Waals surface area contributed by atoms with Crippen LogP contribution in [0.2, 0.25) is 0 Å². The van der Waals surface area contributed by atoms with Gasteiger partial charge in [-0.2, -0.15) is 0 Å². The van der Waals surface area contributed by atoms with Gasteiger partial charge in [0, 0.05) is 0 Å². The standard InChI is InChI=1S/C20H19NOS2/c1-3-14-9-11-15(12-10-14)13-18-19(22)21(20(23)24-18)17-8-6-5-7-16(17)4-2/h5-13H,3-4H2,1-2H3. The Morgan fingerprint density at radius 1 is 1.04 bits per heavy atom. The highest BCUT2D eigenvalue weighted by molar-refractivity contribution is 8.27. The predicted octanol–water partition coefficient (Wildman–Crippen LogP) is 5.22. The van der Waals surface area contributed by atoms with Gasteiger partial charge in [0.2, 0.25) is 0 Å². The summed E-state index contributed by atoms with van der Waals surface area (Å²) < 4.78 is 0.595. The molecular formula is C20H19NOS2. The molecule has 1 amide bonds. The van der Waals surface area contributed by atoms with Gasteiger partial charge in [0.05, 0.1) is 10.6 Å². The average molecular weight is 354 g/mol. The summed E-state index contributed by atoms with van der Waals surface area (Å²) in [6, 6.07) is 16.2. The lowest BCUT2D eigenvalue weighted by atomic mass is 10.1. The molecule has 0 aliphatic carbocycles. The largest absolute Gasteiger partial charge is 0.270 e. The summed E-state index contributed by atoms with van der Waals surface area (Å²) in [5.74, 6) is -0.0366. The van der Waals surface area contributed by atoms with Gasteiger partial charge in [-0.25, -0.2) is 0 Å². The number of benzene rings is 2. The molecule has 2 aromatic rings. The van der Waals surface area contributed by atoms with Gasteiger partial charge in [-0.05, 0) is 41.7 Å². The Labute approximate surface area is 152 Å². The summed E-state index contributed by atoms with van der Waals surface area (Å²) in [7, 11) is 0. The third-order valence-electron chi connectivity index (χ3n) is 4.09. The zero-order valence-electron chi connectivity index (χ0n) is 13.8. The summed E-state index contributed by atoms with van der Waals surface area (Å²) in [6.45, 7) is 4.22. The number of hydrogen-bond donors (Lipinski definition) is 0. The monoisotopic (exact) mass is 353 g/mol. The molecule has 122 valence electrons. The molecule has 4 heteroatoms. The molecular weight excluding hydrogens is 334 g/mol. The van der Waals surface area contributed by atoms with Crippen molar-refractivity contribution < 1.29 is 4.79 Å². The number of para-hydroxylation sites is 1. The van der Waals surface area contributed by atoms with E-state index in [1.807, 2.05) is 42.5 Å². The van der Waals surface area contributed by atoms with E-state index in [-0.39, 0.29) is 5.91 Å². The van der Waals surface area contributed by atoms with E-state index < -0.39 is 0 Å². The number of nitrogens with zero attached hydrogens (tertiary/aromatic N) is 1. The van der Waals surface area contributed by atoms with Crippen molar-refractivity contribution in [2.75, 3.05) is 4.90 Å². The minimum atomic E-state index is -0.0366. The molecule has 0 N–H and O–H groups in total. The first-order valence-corrected chi connectivity index (χ1v) is 9.31. The summed E-state index contributed by atoms with van der Waals surface area (Å²) in [5, 5.41) is 0. The second-order valence-electron chi connectivity index (χ2n) is 5.59. The second kappa shape index (κ2) is 7.32. The fraction of sp³-hybridized carbons (Fsp3) is 0.200. The minimum absolute atomic E-state index is 0.0366. The summed E-state index contributed by atoms with van der Waals surface area (Å²) in [4.78, 5) is 15.2. The van der Waals surface area contributed by atoms with Crippen molar-refractivity contribution in [1.29, 1.82) is 0 Å². The Hall–Kier alpha value is -1.91. The van der Waals surface area contributed by atoms with Crippen molar-refractivity contribution in [3.63, 3.8) is 0 Å². The molecule has 0 aromatic heterocycles. The van der Waals surface area contributed by atoms with Gasteiger partial charge in [-0.1, -0.05) is 80.3 Å². The zero-order valence-corrected chi connectivity index (χ0v) is 15.4. The van der Waals surface area contributed by atoms with Gasteiger partial charge in [0.25, 0.3) is 5.91 Å². The van der Waals surface area contributed by atoms with E-state index in [0.717, 1.165) is 29.7 Å². The lowest BCUT2D eigenvalue weighted by Crippen LogP contribution is -2.28. The van der Waals surface area contributed by atoms with Crippen LogP contribution in [-0.4, -0.2) is 10.2 Å². The Morgan fingerprint density at radius 2 is 1.75 bits per heavy atom. The fourth-order valence-corrected chi connectivity index (χ4v) is 3.99. The second-order valence-corrected chi connectivity index (χ2v) is 7.27. The quantitative estimate of drug-likeness (QED) is 0.555. The molecule has 3 rings (SSSR count). The number of carbonyl (C=O) groups excluding carboxylic acids is 1. The van der Waals surface area contributed by atoms with Gasteiger partial charge in [-0.15, -0.1) is 0 Å². The number of aryl methyl sites for hydroxylation is 2. The molecule has 24 heavy (non-hydrogen) atoms. The van der Waals surface area contributed by atoms with Crippen molar-refractivity contribution >= 4 is 46.0 Å². The SMILES string of the molecule is CCc1ccc(C=C2SC(=S)N(c3ccccc3CC)C2=O)cc1. The van der Waals surface area contributed by atoms with Crippen molar-refractivity contribution in [2.45, 2.75) is 26.7 Å². The van der Waals surface area contributed by atoms with Crippen LogP contribution in [0.25, 0.3) is 6.08 Å². The van der Waals surface area contributed by atoms with Crippen LogP contribution in [0.15, 0.2) is 53.4 Å². The van der Waals surface area contributed by atoms with Gasteiger partial charge in [0.1, 0.15) is 0 Å². The molecule has 0 unspecified atom stereocenters. The van der Waals surface area contributed by atoms with E-state index in [1.54, 1.807) is 4.90 Å². The predicted molar refractivity (Wildman–Crippen MR) is 107 cm³/mol. The highest BCUT2D eigenvalue weighted by atomic mass is 32.2. The zero-order chi connectivity index (χ0) is 17.1. The molecule has 1 aliphatic rings. The highest BCUT2D eigenvalue weighted by Crippen LogP contribution is 2.37. The molecule has 0 saturated carbocycles. The Bertz CT molecular complexity index is 809. The first-order chi connectivity index (χ1) is 11.6. The Kier molecular flexibility index (Phi) is 5.17. The van der Waals surface area contributed by atoms with E-state index in [4.69, 9.17) is 12.2 Å². The first-order valence-electron chi connectivity index (χ1n) is 8.08. The number of anilines is 1. The van der Waals surface area contributed by atoms with E-state index in [1.165, 1.54) is 17.3 Å². The number of rotatable bonds is 4. The van der Waals surface area contributed by atoms with E-state index in [0.29, 0.717) is 9.23 Å². The van der Waals surface area contributed by atoms with Crippen LogP contribution < -0.4 is 4.90 Å². The Balaban J connectivity index is 1.92. The van der Waals surface area contributed by atoms with Crippen LogP contribution in [0.3, 0.4) is 0 Å². The van der Waals surface area contributed by atoms with Crippen LogP contribution in [0.5, 0.6) is 0 Å². The van der Waals surface area contributed by atoms with E-state index in [9.17, 15) is 4.79 Å². The molecule has 1 fully saturated rings. The van der Waals surface area contributed by atoms with E-state index >= 15 is 0 Å². The molecule has 0 spiro atoms. The lowest BCUT2D eigenvalue weighted by molar-refractivity contribution is -0.113. The molecule has 1 heterocycles. The van der Waals surface area contributed by atoms with Crippen molar-refractivity contribution in [1.82, 2.24) is 0 Å². The minimum Gasteiger partial charge on any atom is -0.268 e. The van der Waals surface area contributed by atoms with Crippen LogP contribution in [0.1, 0.15) is 30.5 Å².